The van der Waals surface area contributed by atoms with Crippen LogP contribution in [0, 0.1) is 11.8 Å². The largest absolute Gasteiger partial charge is 0.395 e. The van der Waals surface area contributed by atoms with Crippen molar-refractivity contribution in [2.75, 3.05) is 32.8 Å². The van der Waals surface area contributed by atoms with Crippen LogP contribution in [-0.2, 0) is 0 Å². The number of aliphatic hydroxyl groups excluding tert-OH is 1. The number of hydrogen-bond acceptors (Lipinski definition) is 3. The van der Waals surface area contributed by atoms with Gasteiger partial charge in [-0.15, -0.1) is 0 Å². The Morgan fingerprint density at radius 2 is 2.00 bits per heavy atom. The molecule has 0 aromatic heterocycles. The number of aliphatic hydroxyl groups is 1. The molecule has 88 valence electrons. The lowest BCUT2D eigenvalue weighted by Gasteiger charge is -2.34. The molecule has 0 aliphatic carbocycles. The van der Waals surface area contributed by atoms with E-state index in [1.54, 1.807) is 0 Å². The average molecular weight is 212 g/mol. The fourth-order valence-corrected chi connectivity index (χ4v) is 3.09. The van der Waals surface area contributed by atoms with Gasteiger partial charge in [-0.25, -0.2) is 0 Å². The van der Waals surface area contributed by atoms with Crippen LogP contribution in [0.2, 0.25) is 0 Å². The van der Waals surface area contributed by atoms with Crippen molar-refractivity contribution in [2.24, 2.45) is 11.8 Å². The molecule has 2 atom stereocenters. The van der Waals surface area contributed by atoms with Crippen molar-refractivity contribution in [3.05, 3.63) is 0 Å². The highest BCUT2D eigenvalue weighted by atomic mass is 16.3. The number of hydrogen-bond donors (Lipinski definition) is 2. The maximum absolute atomic E-state index is 9.09. The van der Waals surface area contributed by atoms with Crippen LogP contribution in [-0.4, -0.2) is 48.8 Å². The molecule has 2 aliphatic heterocycles. The number of nitrogens with zero attached hydrogens (tertiary/aromatic N) is 1. The van der Waals surface area contributed by atoms with Crippen molar-refractivity contribution in [1.82, 2.24) is 10.2 Å². The normalized spacial score (nSPS) is 34.8. The predicted octanol–water partition coefficient (Wildman–Crippen LogP) is 0.689. The van der Waals surface area contributed by atoms with Crippen LogP contribution in [0.25, 0.3) is 0 Å². The van der Waals surface area contributed by atoms with Crippen molar-refractivity contribution in [3.63, 3.8) is 0 Å². The Morgan fingerprint density at radius 3 is 2.53 bits per heavy atom. The molecular formula is C12H24N2O. The van der Waals surface area contributed by atoms with E-state index in [1.807, 2.05) is 0 Å². The van der Waals surface area contributed by atoms with Gasteiger partial charge >= 0.3 is 0 Å². The molecule has 3 heteroatoms. The van der Waals surface area contributed by atoms with Crippen LogP contribution in [0.5, 0.6) is 0 Å². The van der Waals surface area contributed by atoms with Crippen molar-refractivity contribution >= 4 is 0 Å². The lowest BCUT2D eigenvalue weighted by molar-refractivity contribution is 0.155. The minimum atomic E-state index is 0.310. The van der Waals surface area contributed by atoms with Crippen molar-refractivity contribution in [1.29, 1.82) is 0 Å². The second kappa shape index (κ2) is 5.28. The van der Waals surface area contributed by atoms with E-state index < -0.39 is 0 Å². The number of piperidine rings is 1. The molecule has 0 radical (unpaired) electrons. The van der Waals surface area contributed by atoms with Crippen LogP contribution < -0.4 is 5.32 Å². The van der Waals surface area contributed by atoms with Crippen LogP contribution in [0.3, 0.4) is 0 Å². The molecule has 2 saturated heterocycles. The summed E-state index contributed by atoms with van der Waals surface area (Å²) in [6.45, 7) is 7.45. The summed E-state index contributed by atoms with van der Waals surface area (Å²) in [5.41, 5.74) is 0. The summed E-state index contributed by atoms with van der Waals surface area (Å²) in [7, 11) is 0. The monoisotopic (exact) mass is 212 g/mol. The molecule has 15 heavy (non-hydrogen) atoms. The molecule has 2 N–H and O–H groups in total. The quantitative estimate of drug-likeness (QED) is 0.722. The Hall–Kier alpha value is -0.120. The first kappa shape index (κ1) is 11.4. The molecule has 2 rings (SSSR count). The van der Waals surface area contributed by atoms with Gasteiger partial charge in [0.15, 0.2) is 0 Å². The van der Waals surface area contributed by atoms with Gasteiger partial charge < -0.3 is 15.3 Å². The fourth-order valence-electron chi connectivity index (χ4n) is 3.09. The Labute approximate surface area is 92.8 Å². The molecule has 2 heterocycles. The van der Waals surface area contributed by atoms with Crippen molar-refractivity contribution in [2.45, 2.75) is 32.2 Å². The first-order valence-corrected chi connectivity index (χ1v) is 6.40. The highest BCUT2D eigenvalue weighted by Crippen LogP contribution is 2.30. The highest BCUT2D eigenvalue weighted by Gasteiger charge is 2.31. The molecular weight excluding hydrogens is 188 g/mol. The van der Waals surface area contributed by atoms with E-state index in [4.69, 9.17) is 5.11 Å². The smallest absolute Gasteiger partial charge is 0.0584 e. The van der Waals surface area contributed by atoms with E-state index in [9.17, 15) is 0 Å². The van der Waals surface area contributed by atoms with Gasteiger partial charge in [-0.1, -0.05) is 6.92 Å². The van der Waals surface area contributed by atoms with Gasteiger partial charge in [-0.2, -0.15) is 0 Å². The summed E-state index contributed by atoms with van der Waals surface area (Å²) in [6.07, 6.45) is 3.91. The lowest BCUT2D eigenvalue weighted by atomic mass is 9.83. The van der Waals surface area contributed by atoms with Crippen LogP contribution in [0.4, 0.5) is 0 Å². The van der Waals surface area contributed by atoms with Gasteiger partial charge in [0.05, 0.1) is 6.61 Å². The summed E-state index contributed by atoms with van der Waals surface area (Å²) in [6, 6.07) is 0.374. The van der Waals surface area contributed by atoms with Gasteiger partial charge in [0.1, 0.15) is 0 Å². The standard InChI is InChI=1S/C12H24N2O/c1-2-14-5-3-10(4-6-14)11-7-12(9-15)13-8-11/h10-13,15H,2-9H2,1H3. The minimum Gasteiger partial charge on any atom is -0.395 e. The topological polar surface area (TPSA) is 35.5 Å². The molecule has 2 fully saturated rings. The van der Waals surface area contributed by atoms with Crippen molar-refractivity contribution in [3.8, 4) is 0 Å². The van der Waals surface area contributed by atoms with Gasteiger partial charge in [0.2, 0.25) is 0 Å². The molecule has 2 unspecified atom stereocenters. The third kappa shape index (κ3) is 2.71. The van der Waals surface area contributed by atoms with E-state index in [0.29, 0.717) is 12.6 Å². The zero-order valence-corrected chi connectivity index (χ0v) is 9.78. The minimum absolute atomic E-state index is 0.310. The Bertz CT molecular complexity index is 190. The summed E-state index contributed by atoms with van der Waals surface area (Å²) in [5.74, 6) is 1.72. The summed E-state index contributed by atoms with van der Waals surface area (Å²) in [5, 5.41) is 12.5. The molecule has 3 nitrogen and oxygen atoms in total. The lowest BCUT2D eigenvalue weighted by Crippen LogP contribution is -2.36. The summed E-state index contributed by atoms with van der Waals surface area (Å²) in [4.78, 5) is 2.54. The third-order valence-electron chi connectivity index (χ3n) is 4.22. The van der Waals surface area contributed by atoms with E-state index in [0.717, 1.165) is 18.4 Å². The first-order chi connectivity index (χ1) is 7.33. The van der Waals surface area contributed by atoms with Crippen LogP contribution >= 0.6 is 0 Å². The van der Waals surface area contributed by atoms with E-state index in [1.165, 1.54) is 38.9 Å². The average Bonchev–Trinajstić information content (AvgIpc) is 2.78. The number of likely N-dealkylation sites (tertiary alicyclic amines) is 1. The molecule has 0 bridgehead atoms. The Balaban J connectivity index is 1.76. The van der Waals surface area contributed by atoms with E-state index >= 15 is 0 Å². The SMILES string of the molecule is CCN1CCC(C2CNC(CO)C2)CC1. The van der Waals surface area contributed by atoms with Crippen LogP contribution in [0.1, 0.15) is 26.2 Å². The first-order valence-electron chi connectivity index (χ1n) is 6.40. The Morgan fingerprint density at radius 1 is 1.27 bits per heavy atom. The van der Waals surface area contributed by atoms with Crippen LogP contribution in [0.15, 0.2) is 0 Å². The van der Waals surface area contributed by atoms with Gasteiger partial charge in [-0.3, -0.25) is 0 Å². The highest BCUT2D eigenvalue weighted by molar-refractivity contribution is 4.87. The fraction of sp³-hybridized carbons (Fsp3) is 1.00. The number of nitrogens with one attached hydrogen (secondary N) is 1. The van der Waals surface area contributed by atoms with E-state index in [2.05, 4.69) is 17.1 Å². The second-order valence-corrected chi connectivity index (χ2v) is 5.06. The van der Waals surface area contributed by atoms with E-state index in [-0.39, 0.29) is 0 Å². The van der Waals surface area contributed by atoms with Gasteiger partial charge in [0.25, 0.3) is 0 Å². The molecule has 0 aromatic carbocycles. The maximum Gasteiger partial charge on any atom is 0.0584 e. The van der Waals surface area contributed by atoms with Gasteiger partial charge in [0, 0.05) is 6.04 Å². The third-order valence-corrected chi connectivity index (χ3v) is 4.22. The second-order valence-electron chi connectivity index (χ2n) is 5.06. The maximum atomic E-state index is 9.09. The summed E-state index contributed by atoms with van der Waals surface area (Å²) >= 11 is 0. The molecule has 0 aromatic rings. The summed E-state index contributed by atoms with van der Waals surface area (Å²) < 4.78 is 0. The van der Waals surface area contributed by atoms with Crippen molar-refractivity contribution < 1.29 is 5.11 Å². The molecule has 0 spiro atoms. The molecule has 0 amide bonds. The molecule has 2 aliphatic rings. The zero-order valence-electron chi connectivity index (χ0n) is 9.78. The predicted molar refractivity (Wildman–Crippen MR) is 61.8 cm³/mol. The zero-order chi connectivity index (χ0) is 10.7. The Kier molecular flexibility index (Phi) is 4.00. The number of rotatable bonds is 3. The molecule has 0 saturated carbocycles. The van der Waals surface area contributed by atoms with Gasteiger partial charge in [-0.05, 0) is 57.3 Å².